The highest BCUT2D eigenvalue weighted by Gasteiger charge is 2.19. The second-order valence-corrected chi connectivity index (χ2v) is 6.21. The summed E-state index contributed by atoms with van der Waals surface area (Å²) in [6, 6.07) is 10.2. The molecule has 2 aromatic rings. The molecule has 27 heavy (non-hydrogen) atoms. The summed E-state index contributed by atoms with van der Waals surface area (Å²) >= 11 is 12.1. The first kappa shape index (κ1) is 21.0. The number of hydrogen-bond donors (Lipinski definition) is 1. The van der Waals surface area contributed by atoms with Gasteiger partial charge in [-0.2, -0.15) is 5.10 Å². The van der Waals surface area contributed by atoms with E-state index in [0.29, 0.717) is 39.3 Å². The average Bonchev–Trinajstić information content (AvgIpc) is 2.64. The van der Waals surface area contributed by atoms with Crippen LogP contribution in [0, 0.1) is 0 Å². The number of carbonyl (C=O) groups is 1. The van der Waals surface area contributed by atoms with Crippen molar-refractivity contribution in [3.05, 3.63) is 57.6 Å². The van der Waals surface area contributed by atoms with E-state index in [2.05, 4.69) is 10.5 Å². The summed E-state index contributed by atoms with van der Waals surface area (Å²) in [6.07, 6.45) is 0.651. The molecule has 1 unspecified atom stereocenters. The van der Waals surface area contributed by atoms with E-state index < -0.39 is 12.0 Å². The average molecular weight is 411 g/mol. The Morgan fingerprint density at radius 1 is 1.22 bits per heavy atom. The quantitative estimate of drug-likeness (QED) is 0.521. The normalized spacial score (nSPS) is 12.0. The smallest absolute Gasteiger partial charge is 0.273 e. The van der Waals surface area contributed by atoms with Gasteiger partial charge in [-0.15, -0.1) is 0 Å². The second-order valence-electron chi connectivity index (χ2n) is 5.37. The van der Waals surface area contributed by atoms with Crippen molar-refractivity contribution in [2.45, 2.75) is 13.0 Å². The minimum atomic E-state index is -0.808. The molecule has 8 heteroatoms. The molecule has 1 atom stereocenters. The number of hydrogen-bond acceptors (Lipinski definition) is 5. The van der Waals surface area contributed by atoms with Crippen LogP contribution in [0.4, 0.5) is 0 Å². The first-order valence-electron chi connectivity index (χ1n) is 8.11. The van der Waals surface area contributed by atoms with Crippen LogP contribution in [0.3, 0.4) is 0 Å². The van der Waals surface area contributed by atoms with E-state index in [0.717, 1.165) is 0 Å². The monoisotopic (exact) mass is 410 g/mol. The molecule has 6 nitrogen and oxygen atoms in total. The molecule has 0 aliphatic carbocycles. The molecule has 0 aliphatic rings. The van der Waals surface area contributed by atoms with Gasteiger partial charge in [-0.1, -0.05) is 35.3 Å². The van der Waals surface area contributed by atoms with Gasteiger partial charge in [-0.05, 0) is 42.3 Å². The second kappa shape index (κ2) is 10.2. The number of benzene rings is 2. The highest BCUT2D eigenvalue weighted by atomic mass is 35.5. The Balaban J connectivity index is 2.11. The Morgan fingerprint density at radius 2 is 1.93 bits per heavy atom. The van der Waals surface area contributed by atoms with Crippen molar-refractivity contribution in [2.75, 3.05) is 20.8 Å². The largest absolute Gasteiger partial charge is 0.491 e. The first-order chi connectivity index (χ1) is 13.0. The minimum absolute atomic E-state index is 0.382. The van der Waals surface area contributed by atoms with Crippen LogP contribution < -0.4 is 14.9 Å². The summed E-state index contributed by atoms with van der Waals surface area (Å²) in [5, 5.41) is 4.92. The number of nitrogens with one attached hydrogen (secondary N) is 1. The van der Waals surface area contributed by atoms with E-state index in [4.69, 9.17) is 37.4 Å². The number of carbonyl (C=O) groups excluding carboxylic acids is 1. The molecule has 0 saturated heterocycles. The summed E-state index contributed by atoms with van der Waals surface area (Å²) in [5.41, 5.74) is 3.76. The van der Waals surface area contributed by atoms with Gasteiger partial charge in [0.05, 0.1) is 25.0 Å². The summed E-state index contributed by atoms with van der Waals surface area (Å²) in [5.74, 6) is 0.527. The van der Waals surface area contributed by atoms with Crippen molar-refractivity contribution in [3.63, 3.8) is 0 Å². The van der Waals surface area contributed by atoms with Crippen molar-refractivity contribution in [2.24, 2.45) is 5.10 Å². The minimum Gasteiger partial charge on any atom is -0.491 e. The van der Waals surface area contributed by atoms with E-state index in [9.17, 15) is 4.79 Å². The van der Waals surface area contributed by atoms with Gasteiger partial charge in [-0.3, -0.25) is 4.79 Å². The molecule has 0 aromatic heterocycles. The van der Waals surface area contributed by atoms with Gasteiger partial charge in [-0.25, -0.2) is 5.43 Å². The maximum atomic E-state index is 12.3. The van der Waals surface area contributed by atoms with Crippen LogP contribution in [-0.4, -0.2) is 32.9 Å². The highest BCUT2D eigenvalue weighted by Crippen LogP contribution is 2.35. The number of ether oxygens (including phenoxy) is 3. The predicted molar refractivity (Wildman–Crippen MR) is 106 cm³/mol. The van der Waals surface area contributed by atoms with Gasteiger partial charge in [0.1, 0.15) is 0 Å². The molecule has 1 N–H and O–H groups in total. The van der Waals surface area contributed by atoms with Crippen LogP contribution >= 0.6 is 23.2 Å². The zero-order valence-electron chi connectivity index (χ0n) is 15.2. The summed E-state index contributed by atoms with van der Waals surface area (Å²) < 4.78 is 16.0. The molecule has 0 saturated carbocycles. The van der Waals surface area contributed by atoms with E-state index in [1.54, 1.807) is 36.4 Å². The fraction of sp³-hybridized carbons (Fsp3) is 0.263. The lowest BCUT2D eigenvalue weighted by molar-refractivity contribution is -0.131. The van der Waals surface area contributed by atoms with Gasteiger partial charge >= 0.3 is 0 Å². The molecule has 0 spiro atoms. The van der Waals surface area contributed by atoms with Crippen LogP contribution in [0.2, 0.25) is 10.0 Å². The van der Waals surface area contributed by atoms with Crippen LogP contribution in [-0.2, 0) is 9.53 Å². The Hall–Kier alpha value is -2.28. The number of amides is 1. The van der Waals surface area contributed by atoms with E-state index in [-0.39, 0.29) is 0 Å². The van der Waals surface area contributed by atoms with Crippen molar-refractivity contribution in [1.82, 2.24) is 5.43 Å². The van der Waals surface area contributed by atoms with Crippen molar-refractivity contribution in [1.29, 1.82) is 0 Å². The molecule has 0 radical (unpaired) electrons. The number of nitrogens with zero attached hydrogens (tertiary/aromatic N) is 1. The molecule has 0 fully saturated rings. The number of hydrazone groups is 1. The first-order valence-corrected chi connectivity index (χ1v) is 8.87. The van der Waals surface area contributed by atoms with E-state index in [1.807, 2.05) is 6.92 Å². The molecule has 144 valence electrons. The van der Waals surface area contributed by atoms with Crippen LogP contribution in [0.15, 0.2) is 41.5 Å². The highest BCUT2D eigenvalue weighted by molar-refractivity contribution is 6.32. The lowest BCUT2D eigenvalue weighted by atomic mass is 10.1. The molecule has 1 amide bonds. The van der Waals surface area contributed by atoms with Gasteiger partial charge in [0.25, 0.3) is 5.91 Å². The van der Waals surface area contributed by atoms with E-state index in [1.165, 1.54) is 20.4 Å². The SMILES string of the molecule is CCOc1cc(/C=N/NC(=O)C(OC)c2ccc(Cl)cc2)cc(Cl)c1OC. The summed E-state index contributed by atoms with van der Waals surface area (Å²) in [6.45, 7) is 2.32. The Kier molecular flexibility index (Phi) is 7.91. The van der Waals surface area contributed by atoms with Gasteiger partial charge < -0.3 is 14.2 Å². The molecule has 2 aromatic carbocycles. The van der Waals surface area contributed by atoms with Crippen molar-refractivity contribution >= 4 is 35.3 Å². The number of methoxy groups -OCH3 is 2. The molecule has 2 rings (SSSR count). The lowest BCUT2D eigenvalue weighted by Gasteiger charge is -2.14. The third kappa shape index (κ3) is 5.60. The predicted octanol–water partition coefficient (Wildman–Crippen LogP) is 4.24. The maximum Gasteiger partial charge on any atom is 0.273 e. The summed E-state index contributed by atoms with van der Waals surface area (Å²) in [4.78, 5) is 12.3. The topological polar surface area (TPSA) is 69.2 Å². The Labute approximate surface area is 168 Å². The molecule has 0 bridgehead atoms. The van der Waals surface area contributed by atoms with Crippen molar-refractivity contribution in [3.8, 4) is 11.5 Å². The van der Waals surface area contributed by atoms with Crippen LogP contribution in [0.25, 0.3) is 0 Å². The zero-order chi connectivity index (χ0) is 19.8. The molecular formula is C19H20Cl2N2O4. The number of halogens is 2. The molecular weight excluding hydrogens is 391 g/mol. The maximum absolute atomic E-state index is 12.3. The fourth-order valence-corrected chi connectivity index (χ4v) is 2.81. The third-order valence-electron chi connectivity index (χ3n) is 3.57. The van der Waals surface area contributed by atoms with Crippen LogP contribution in [0.1, 0.15) is 24.2 Å². The van der Waals surface area contributed by atoms with Crippen molar-refractivity contribution < 1.29 is 19.0 Å². The van der Waals surface area contributed by atoms with Gasteiger partial charge in [0.15, 0.2) is 17.6 Å². The standard InChI is InChI=1S/C19H20Cl2N2O4/c1-4-27-16-10-12(9-15(21)18(16)26-3)11-22-23-19(24)17(25-2)13-5-7-14(20)8-6-13/h5-11,17H,4H2,1-3H3,(H,23,24)/b22-11+. The van der Waals surface area contributed by atoms with Gasteiger partial charge in [0.2, 0.25) is 0 Å². The third-order valence-corrected chi connectivity index (χ3v) is 4.10. The zero-order valence-corrected chi connectivity index (χ0v) is 16.7. The fourth-order valence-electron chi connectivity index (χ4n) is 2.38. The molecule has 0 aliphatic heterocycles. The molecule has 0 heterocycles. The van der Waals surface area contributed by atoms with Crippen LogP contribution in [0.5, 0.6) is 11.5 Å². The van der Waals surface area contributed by atoms with Gasteiger partial charge in [0, 0.05) is 12.1 Å². The Bertz CT molecular complexity index is 810. The Morgan fingerprint density at radius 3 is 2.52 bits per heavy atom. The van der Waals surface area contributed by atoms with E-state index >= 15 is 0 Å². The lowest BCUT2D eigenvalue weighted by Crippen LogP contribution is -2.26. The number of rotatable bonds is 8. The summed E-state index contributed by atoms with van der Waals surface area (Å²) in [7, 11) is 2.96.